The summed E-state index contributed by atoms with van der Waals surface area (Å²) in [6.07, 6.45) is 2.18. The number of pyridine rings is 2. The van der Waals surface area contributed by atoms with E-state index in [0.717, 1.165) is 44.7 Å². The van der Waals surface area contributed by atoms with Crippen LogP contribution in [-0.2, 0) is 13.5 Å². The van der Waals surface area contributed by atoms with Gasteiger partial charge in [-0.1, -0.05) is 24.3 Å². The zero-order valence-corrected chi connectivity index (χ0v) is 19.6. The second-order valence-corrected chi connectivity index (χ2v) is 8.84. The first-order valence-electron chi connectivity index (χ1n) is 11.4. The van der Waals surface area contributed by atoms with Crippen molar-refractivity contribution >= 4 is 22.5 Å². The van der Waals surface area contributed by atoms with Crippen molar-refractivity contribution in [3.05, 3.63) is 93.9 Å². The van der Waals surface area contributed by atoms with Gasteiger partial charge in [-0.2, -0.15) is 4.98 Å². The highest BCUT2D eigenvalue weighted by molar-refractivity contribution is 5.85. The molecule has 35 heavy (non-hydrogen) atoms. The van der Waals surface area contributed by atoms with Gasteiger partial charge in [0.05, 0.1) is 5.52 Å². The number of para-hydroxylation sites is 1. The number of hydrogen-bond acceptors (Lipinski definition) is 7. The number of hydrogen-bond donors (Lipinski definition) is 1. The Bertz CT molecular complexity index is 1630. The fraction of sp³-hybridized carbons (Fsp3) is 0.185. The molecule has 8 heteroatoms. The Hall–Kier alpha value is -4.46. The van der Waals surface area contributed by atoms with Crippen LogP contribution in [0.25, 0.3) is 22.0 Å². The lowest BCUT2D eigenvalue weighted by molar-refractivity contribution is 0.183. The molecule has 0 amide bonds. The Kier molecular flexibility index (Phi) is 4.88. The maximum Gasteiger partial charge on any atom is 0.269 e. The van der Waals surface area contributed by atoms with Crippen LogP contribution >= 0.6 is 0 Å². The van der Waals surface area contributed by atoms with Gasteiger partial charge in [-0.25, -0.2) is 0 Å². The van der Waals surface area contributed by atoms with E-state index in [2.05, 4.69) is 20.4 Å². The summed E-state index contributed by atoms with van der Waals surface area (Å²) >= 11 is 0. The summed E-state index contributed by atoms with van der Waals surface area (Å²) in [5.41, 5.74) is 5.95. The van der Waals surface area contributed by atoms with Crippen molar-refractivity contribution < 1.29 is 9.26 Å². The van der Waals surface area contributed by atoms with Crippen LogP contribution in [0.3, 0.4) is 0 Å². The van der Waals surface area contributed by atoms with Gasteiger partial charge < -0.3 is 19.1 Å². The molecular weight excluding hydrogens is 442 g/mol. The fourth-order valence-electron chi connectivity index (χ4n) is 4.51. The van der Waals surface area contributed by atoms with Crippen LogP contribution in [0.2, 0.25) is 0 Å². The summed E-state index contributed by atoms with van der Waals surface area (Å²) in [6.45, 7) is 3.90. The number of benzene rings is 2. The lowest BCUT2D eigenvalue weighted by Crippen LogP contribution is -2.19. The lowest BCUT2D eigenvalue weighted by Gasteiger charge is -2.12. The molecule has 0 aliphatic carbocycles. The molecular formula is C27H23N5O3. The van der Waals surface area contributed by atoms with E-state index in [0.29, 0.717) is 23.8 Å². The molecule has 1 aliphatic heterocycles. The summed E-state index contributed by atoms with van der Waals surface area (Å²) in [5.74, 6) is 1.60. The van der Waals surface area contributed by atoms with Crippen molar-refractivity contribution in [3.8, 4) is 16.9 Å². The Morgan fingerprint density at radius 3 is 2.77 bits per heavy atom. The van der Waals surface area contributed by atoms with Gasteiger partial charge in [0.25, 0.3) is 17.4 Å². The number of ether oxygens (including phenoxy) is 1. The van der Waals surface area contributed by atoms with Crippen molar-refractivity contribution in [1.29, 1.82) is 0 Å². The van der Waals surface area contributed by atoms with E-state index in [1.165, 1.54) is 0 Å². The highest BCUT2D eigenvalue weighted by Crippen LogP contribution is 2.36. The third-order valence-electron chi connectivity index (χ3n) is 6.39. The number of aromatic nitrogens is 4. The van der Waals surface area contributed by atoms with Gasteiger partial charge in [0.1, 0.15) is 5.75 Å². The fourth-order valence-corrected chi connectivity index (χ4v) is 4.51. The number of rotatable bonds is 4. The molecule has 8 nitrogen and oxygen atoms in total. The highest BCUT2D eigenvalue weighted by atomic mass is 16.5. The van der Waals surface area contributed by atoms with Crippen molar-refractivity contribution in [2.75, 3.05) is 5.32 Å². The Balaban J connectivity index is 1.30. The SMILES string of the molecule is Cc1cc2c(cn1)cc(-c1cc(Nc3noc(C4Cc5ccccc5O4)n3)ccc1C)c(=O)n2C. The summed E-state index contributed by atoms with van der Waals surface area (Å²) in [5, 5.41) is 8.17. The minimum absolute atomic E-state index is 0.0665. The van der Waals surface area contributed by atoms with Crippen LogP contribution in [0.1, 0.15) is 28.8 Å². The molecule has 5 aromatic rings. The molecule has 2 aromatic carbocycles. The third kappa shape index (κ3) is 3.73. The number of anilines is 2. The van der Waals surface area contributed by atoms with E-state index in [9.17, 15) is 4.79 Å². The molecule has 1 N–H and O–H groups in total. The first-order chi connectivity index (χ1) is 17.0. The van der Waals surface area contributed by atoms with Crippen LogP contribution in [0.4, 0.5) is 11.6 Å². The molecule has 4 heterocycles. The molecule has 0 saturated heterocycles. The molecule has 3 aromatic heterocycles. The van der Waals surface area contributed by atoms with Crippen molar-refractivity contribution in [2.45, 2.75) is 26.4 Å². The van der Waals surface area contributed by atoms with Gasteiger partial charge in [0.2, 0.25) is 0 Å². The largest absolute Gasteiger partial charge is 0.480 e. The molecule has 0 bridgehead atoms. The minimum Gasteiger partial charge on any atom is -0.480 e. The number of aryl methyl sites for hydroxylation is 3. The second-order valence-electron chi connectivity index (χ2n) is 8.84. The maximum absolute atomic E-state index is 13.2. The predicted molar refractivity (Wildman–Crippen MR) is 133 cm³/mol. The second kappa shape index (κ2) is 8.09. The Labute approximate surface area is 201 Å². The molecule has 0 radical (unpaired) electrons. The smallest absolute Gasteiger partial charge is 0.269 e. The highest BCUT2D eigenvalue weighted by Gasteiger charge is 2.29. The van der Waals surface area contributed by atoms with Gasteiger partial charge in [-0.3, -0.25) is 9.78 Å². The van der Waals surface area contributed by atoms with Gasteiger partial charge >= 0.3 is 0 Å². The predicted octanol–water partition coefficient (Wildman–Crippen LogP) is 5.02. The minimum atomic E-state index is -0.304. The topological polar surface area (TPSA) is 95.1 Å². The van der Waals surface area contributed by atoms with E-state index in [-0.39, 0.29) is 11.7 Å². The molecule has 6 rings (SSSR count). The van der Waals surface area contributed by atoms with Gasteiger partial charge in [-0.05, 0) is 66.0 Å². The van der Waals surface area contributed by atoms with E-state index in [4.69, 9.17) is 9.26 Å². The normalized spacial score (nSPS) is 14.7. The van der Waals surface area contributed by atoms with E-state index in [1.807, 2.05) is 68.4 Å². The summed E-state index contributed by atoms with van der Waals surface area (Å²) < 4.78 is 13.1. The average Bonchev–Trinajstić information content (AvgIpc) is 3.50. The van der Waals surface area contributed by atoms with E-state index >= 15 is 0 Å². The van der Waals surface area contributed by atoms with Crippen LogP contribution in [0.5, 0.6) is 5.75 Å². The van der Waals surface area contributed by atoms with Crippen LogP contribution in [0.15, 0.2) is 70.1 Å². The van der Waals surface area contributed by atoms with Gasteiger partial charge in [0.15, 0.2) is 6.10 Å². The quantitative estimate of drug-likeness (QED) is 0.398. The Morgan fingerprint density at radius 1 is 1.06 bits per heavy atom. The number of fused-ring (bicyclic) bond motifs is 2. The molecule has 1 aliphatic rings. The lowest BCUT2D eigenvalue weighted by atomic mass is 9.99. The average molecular weight is 466 g/mol. The first-order valence-corrected chi connectivity index (χ1v) is 11.4. The van der Waals surface area contributed by atoms with Crippen molar-refractivity contribution in [2.24, 2.45) is 7.05 Å². The Morgan fingerprint density at radius 2 is 1.91 bits per heavy atom. The van der Waals surface area contributed by atoms with Crippen LogP contribution < -0.4 is 15.6 Å². The van der Waals surface area contributed by atoms with Crippen molar-refractivity contribution in [1.82, 2.24) is 19.7 Å². The van der Waals surface area contributed by atoms with Gasteiger partial charge in [0, 0.05) is 42.0 Å². The van der Waals surface area contributed by atoms with Crippen LogP contribution in [-0.4, -0.2) is 19.7 Å². The molecule has 0 spiro atoms. The van der Waals surface area contributed by atoms with E-state index in [1.54, 1.807) is 17.8 Å². The summed E-state index contributed by atoms with van der Waals surface area (Å²) in [7, 11) is 1.79. The zero-order valence-electron chi connectivity index (χ0n) is 19.6. The first kappa shape index (κ1) is 21.1. The molecule has 174 valence electrons. The molecule has 0 saturated carbocycles. The monoisotopic (exact) mass is 465 g/mol. The van der Waals surface area contributed by atoms with Crippen LogP contribution in [0, 0.1) is 13.8 Å². The van der Waals surface area contributed by atoms with Crippen molar-refractivity contribution in [3.63, 3.8) is 0 Å². The summed E-state index contributed by atoms with van der Waals surface area (Å²) in [6, 6.07) is 17.5. The summed E-state index contributed by atoms with van der Waals surface area (Å²) in [4.78, 5) is 22.1. The van der Waals surface area contributed by atoms with E-state index < -0.39 is 0 Å². The molecule has 1 unspecified atom stereocenters. The number of nitrogens with one attached hydrogen (secondary N) is 1. The maximum atomic E-state index is 13.2. The number of nitrogens with zero attached hydrogens (tertiary/aromatic N) is 4. The standard InChI is InChI=1S/C27H23N5O3/c1-15-8-9-19(13-20(15)21-11-18-14-28-16(2)10-22(18)32(3)26(21)33)29-27-30-25(35-31-27)24-12-17-6-4-5-7-23(17)34-24/h4-11,13-14,24H,12H2,1-3H3,(H,29,31). The van der Waals surface area contributed by atoms with Gasteiger partial charge in [-0.15, -0.1) is 0 Å². The third-order valence-corrected chi connectivity index (χ3v) is 6.39. The zero-order chi connectivity index (χ0) is 24.1. The molecule has 1 atom stereocenters. The molecule has 0 fully saturated rings.